The molecule has 2 aromatic rings. The lowest BCUT2D eigenvalue weighted by atomic mass is 9.86. The van der Waals surface area contributed by atoms with Crippen LogP contribution in [0.25, 0.3) is 0 Å². The predicted molar refractivity (Wildman–Crippen MR) is 106 cm³/mol. The fourth-order valence-electron chi connectivity index (χ4n) is 4.35. The number of aromatic nitrogens is 2. The van der Waals surface area contributed by atoms with Crippen molar-refractivity contribution in [3.05, 3.63) is 41.7 Å². The largest absolute Gasteiger partial charge is 0.389 e. The first kappa shape index (κ1) is 18.7. The van der Waals surface area contributed by atoms with Crippen molar-refractivity contribution < 1.29 is 14.7 Å². The van der Waals surface area contributed by atoms with E-state index in [1.807, 2.05) is 0 Å². The van der Waals surface area contributed by atoms with Gasteiger partial charge in [-0.25, -0.2) is 0 Å². The third-order valence-electron chi connectivity index (χ3n) is 5.80. The maximum atomic E-state index is 12.8. The van der Waals surface area contributed by atoms with Gasteiger partial charge in [0.2, 0.25) is 11.8 Å². The average Bonchev–Trinajstić information content (AvgIpc) is 3.30. The summed E-state index contributed by atoms with van der Waals surface area (Å²) in [5.41, 5.74) is 2.38. The summed E-state index contributed by atoms with van der Waals surface area (Å²) < 4.78 is 0. The van der Waals surface area contributed by atoms with E-state index in [1.54, 1.807) is 30.5 Å². The number of carbonyl (C=O) groups excluding carboxylic acids is 2. The van der Waals surface area contributed by atoms with Crippen molar-refractivity contribution in [2.45, 2.75) is 62.9 Å². The quantitative estimate of drug-likeness (QED) is 0.637. The molecule has 4 N–H and O–H groups in total. The molecular weight excluding hydrogens is 356 g/mol. The normalized spacial score (nSPS) is 20.4. The van der Waals surface area contributed by atoms with Gasteiger partial charge in [0.1, 0.15) is 0 Å². The molecule has 1 aromatic carbocycles. The van der Waals surface area contributed by atoms with Gasteiger partial charge in [-0.3, -0.25) is 14.7 Å². The lowest BCUT2D eigenvalue weighted by Gasteiger charge is -2.22. The Balaban J connectivity index is 1.39. The SMILES string of the molecule is O=C(CC1(O)CCCC1)Nc1cccc(NC(=O)C2CCCc3[nH]ncc32)c1. The zero-order valence-electron chi connectivity index (χ0n) is 15.8. The van der Waals surface area contributed by atoms with Crippen molar-refractivity contribution in [3.8, 4) is 0 Å². The molecule has 1 atom stereocenters. The number of aryl methyl sites for hydroxylation is 1. The molecule has 1 fully saturated rings. The maximum Gasteiger partial charge on any atom is 0.232 e. The summed E-state index contributed by atoms with van der Waals surface area (Å²) in [4.78, 5) is 25.1. The molecular formula is C21H26N4O3. The second kappa shape index (κ2) is 7.75. The summed E-state index contributed by atoms with van der Waals surface area (Å²) in [6.45, 7) is 0. The van der Waals surface area contributed by atoms with E-state index in [0.717, 1.165) is 43.4 Å². The first-order valence-corrected chi connectivity index (χ1v) is 9.98. The number of nitrogens with one attached hydrogen (secondary N) is 3. The van der Waals surface area contributed by atoms with Gasteiger partial charge in [0, 0.05) is 22.6 Å². The molecule has 0 bridgehead atoms. The van der Waals surface area contributed by atoms with Gasteiger partial charge in [-0.1, -0.05) is 18.9 Å². The van der Waals surface area contributed by atoms with Gasteiger partial charge < -0.3 is 15.7 Å². The second-order valence-corrected chi connectivity index (χ2v) is 7.98. The van der Waals surface area contributed by atoms with Crippen molar-refractivity contribution in [3.63, 3.8) is 0 Å². The third kappa shape index (κ3) is 4.09. The highest BCUT2D eigenvalue weighted by molar-refractivity contribution is 5.97. The van der Waals surface area contributed by atoms with Crippen LogP contribution in [0.3, 0.4) is 0 Å². The van der Waals surface area contributed by atoms with E-state index in [0.29, 0.717) is 24.2 Å². The molecule has 148 valence electrons. The molecule has 2 aliphatic carbocycles. The second-order valence-electron chi connectivity index (χ2n) is 7.98. The number of H-pyrrole nitrogens is 1. The van der Waals surface area contributed by atoms with E-state index < -0.39 is 5.60 Å². The van der Waals surface area contributed by atoms with Crippen molar-refractivity contribution in [1.82, 2.24) is 10.2 Å². The van der Waals surface area contributed by atoms with Gasteiger partial charge in [0.05, 0.1) is 24.1 Å². The van der Waals surface area contributed by atoms with E-state index >= 15 is 0 Å². The third-order valence-corrected chi connectivity index (χ3v) is 5.80. The van der Waals surface area contributed by atoms with E-state index in [1.165, 1.54) is 0 Å². The Kier molecular flexibility index (Phi) is 5.17. The number of fused-ring (bicyclic) bond motifs is 1. The molecule has 0 radical (unpaired) electrons. The van der Waals surface area contributed by atoms with Gasteiger partial charge in [-0.2, -0.15) is 5.10 Å². The number of aliphatic hydroxyl groups is 1. The van der Waals surface area contributed by atoms with E-state index in [2.05, 4.69) is 20.8 Å². The zero-order chi connectivity index (χ0) is 19.6. The van der Waals surface area contributed by atoms with Crippen molar-refractivity contribution in [2.24, 2.45) is 0 Å². The van der Waals surface area contributed by atoms with Crippen molar-refractivity contribution >= 4 is 23.2 Å². The number of rotatable bonds is 5. The highest BCUT2D eigenvalue weighted by Crippen LogP contribution is 2.33. The van der Waals surface area contributed by atoms with Gasteiger partial charge in [0.25, 0.3) is 0 Å². The summed E-state index contributed by atoms with van der Waals surface area (Å²) >= 11 is 0. The Bertz CT molecular complexity index is 870. The summed E-state index contributed by atoms with van der Waals surface area (Å²) in [7, 11) is 0. The highest BCUT2D eigenvalue weighted by Gasteiger charge is 2.33. The number of nitrogens with zero attached hydrogens (tertiary/aromatic N) is 1. The molecule has 7 heteroatoms. The van der Waals surface area contributed by atoms with Gasteiger partial charge in [-0.15, -0.1) is 0 Å². The number of hydrogen-bond donors (Lipinski definition) is 4. The predicted octanol–water partition coefficient (Wildman–Crippen LogP) is 3.10. The van der Waals surface area contributed by atoms with Gasteiger partial charge >= 0.3 is 0 Å². The van der Waals surface area contributed by atoms with Gasteiger partial charge in [-0.05, 0) is 50.3 Å². The van der Waals surface area contributed by atoms with Crippen LogP contribution in [0.1, 0.15) is 62.1 Å². The Labute approximate surface area is 163 Å². The first-order valence-electron chi connectivity index (χ1n) is 9.98. The molecule has 1 unspecified atom stereocenters. The topological polar surface area (TPSA) is 107 Å². The van der Waals surface area contributed by atoms with Crippen LogP contribution in [0.4, 0.5) is 11.4 Å². The van der Waals surface area contributed by atoms with Crippen molar-refractivity contribution in [2.75, 3.05) is 10.6 Å². The molecule has 7 nitrogen and oxygen atoms in total. The smallest absolute Gasteiger partial charge is 0.232 e. The highest BCUT2D eigenvalue weighted by atomic mass is 16.3. The number of aromatic amines is 1. The Hall–Kier alpha value is -2.67. The monoisotopic (exact) mass is 382 g/mol. The molecule has 1 saturated carbocycles. The standard InChI is InChI=1S/C21H26N4O3/c26-19(12-21(28)9-1-2-10-21)23-14-5-3-6-15(11-14)24-20(27)16-7-4-8-18-17(16)13-22-25-18/h3,5-6,11,13,16,28H,1-2,4,7-10,12H2,(H,22,25)(H,23,26)(H,24,27). The molecule has 28 heavy (non-hydrogen) atoms. The van der Waals surface area contributed by atoms with Crippen LogP contribution in [-0.2, 0) is 16.0 Å². The summed E-state index contributed by atoms with van der Waals surface area (Å²) in [5, 5.41) is 23.2. The maximum absolute atomic E-state index is 12.8. The fourth-order valence-corrected chi connectivity index (χ4v) is 4.35. The number of carbonyl (C=O) groups is 2. The van der Waals surface area contributed by atoms with Crippen LogP contribution in [0, 0.1) is 0 Å². The minimum Gasteiger partial charge on any atom is -0.389 e. The molecule has 4 rings (SSSR count). The summed E-state index contributed by atoms with van der Waals surface area (Å²) in [5.74, 6) is -0.480. The molecule has 0 saturated heterocycles. The number of anilines is 2. The minimum atomic E-state index is -0.876. The summed E-state index contributed by atoms with van der Waals surface area (Å²) in [6.07, 6.45) is 7.79. The number of hydrogen-bond acceptors (Lipinski definition) is 4. The van der Waals surface area contributed by atoms with Crippen LogP contribution in [-0.4, -0.2) is 32.7 Å². The van der Waals surface area contributed by atoms with E-state index in [-0.39, 0.29) is 24.2 Å². The van der Waals surface area contributed by atoms with Crippen molar-refractivity contribution in [1.29, 1.82) is 0 Å². The lowest BCUT2D eigenvalue weighted by molar-refractivity contribution is -0.121. The summed E-state index contributed by atoms with van der Waals surface area (Å²) in [6, 6.07) is 7.12. The molecule has 0 spiro atoms. The zero-order valence-corrected chi connectivity index (χ0v) is 15.8. The van der Waals surface area contributed by atoms with Gasteiger partial charge in [0.15, 0.2) is 0 Å². The average molecular weight is 382 g/mol. The van der Waals surface area contributed by atoms with Crippen LogP contribution < -0.4 is 10.6 Å². The molecule has 0 aliphatic heterocycles. The number of amides is 2. The van der Waals surface area contributed by atoms with E-state index in [9.17, 15) is 14.7 Å². The van der Waals surface area contributed by atoms with Crippen LogP contribution in [0.15, 0.2) is 30.5 Å². The van der Waals surface area contributed by atoms with Crippen LogP contribution in [0.2, 0.25) is 0 Å². The first-order chi connectivity index (χ1) is 13.5. The molecule has 1 aromatic heterocycles. The van der Waals surface area contributed by atoms with E-state index in [4.69, 9.17) is 0 Å². The fraction of sp³-hybridized carbons (Fsp3) is 0.476. The molecule has 2 amide bonds. The molecule has 1 heterocycles. The number of benzene rings is 1. The Morgan fingerprint density at radius 3 is 2.71 bits per heavy atom. The Morgan fingerprint density at radius 2 is 1.93 bits per heavy atom. The van der Waals surface area contributed by atoms with Crippen LogP contribution in [0.5, 0.6) is 0 Å². The van der Waals surface area contributed by atoms with Crippen LogP contribution >= 0.6 is 0 Å². The molecule has 2 aliphatic rings. The Morgan fingerprint density at radius 1 is 1.18 bits per heavy atom. The lowest BCUT2D eigenvalue weighted by Crippen LogP contribution is -2.30. The minimum absolute atomic E-state index is 0.0638.